The predicted molar refractivity (Wildman–Crippen MR) is 71.5 cm³/mol. The normalized spacial score (nSPS) is 33.2. The van der Waals surface area contributed by atoms with E-state index in [1.165, 1.54) is 47.9 Å². The number of likely N-dealkylation sites (N-methyl/N-ethyl adjacent to an activating group) is 1. The largest absolute Gasteiger partial charge is 0.307 e. The van der Waals surface area contributed by atoms with E-state index in [4.69, 9.17) is 4.98 Å². The Morgan fingerprint density at radius 1 is 1.41 bits per heavy atom. The summed E-state index contributed by atoms with van der Waals surface area (Å²) in [7, 11) is 2.11. The summed E-state index contributed by atoms with van der Waals surface area (Å²) in [6, 6.07) is 0.664. The van der Waals surface area contributed by atoms with Crippen molar-refractivity contribution in [2.24, 2.45) is 0 Å². The van der Waals surface area contributed by atoms with Gasteiger partial charge in [-0.1, -0.05) is 0 Å². The molecule has 2 atom stereocenters. The highest BCUT2D eigenvalue weighted by Crippen LogP contribution is 2.44. The number of rotatable bonds is 2. The van der Waals surface area contributed by atoms with Crippen LogP contribution in [0.2, 0.25) is 0 Å². The van der Waals surface area contributed by atoms with Gasteiger partial charge in [0.15, 0.2) is 0 Å². The highest BCUT2D eigenvalue weighted by atomic mass is 32.1. The summed E-state index contributed by atoms with van der Waals surface area (Å²) in [5, 5.41) is 4.92. The fourth-order valence-corrected chi connectivity index (χ4v) is 4.64. The molecule has 1 aromatic heterocycles. The maximum absolute atomic E-state index is 4.82. The summed E-state index contributed by atoms with van der Waals surface area (Å²) in [4.78, 5) is 8.83. The van der Waals surface area contributed by atoms with Gasteiger partial charge in [0, 0.05) is 17.5 Å². The van der Waals surface area contributed by atoms with Gasteiger partial charge in [0.25, 0.3) is 0 Å². The van der Waals surface area contributed by atoms with Crippen molar-refractivity contribution in [3.05, 3.63) is 15.6 Å². The van der Waals surface area contributed by atoms with Crippen molar-refractivity contribution >= 4 is 11.3 Å². The molecule has 4 heteroatoms. The zero-order valence-electron chi connectivity index (χ0n) is 10.9. The molecule has 2 aliphatic rings. The Balaban J connectivity index is 2.02. The first-order valence-corrected chi connectivity index (χ1v) is 7.36. The average Bonchev–Trinajstić information content (AvgIpc) is 2.95. The number of nitrogens with zero attached hydrogens (tertiary/aromatic N) is 2. The van der Waals surface area contributed by atoms with Gasteiger partial charge < -0.3 is 5.32 Å². The van der Waals surface area contributed by atoms with E-state index in [0.29, 0.717) is 6.04 Å². The van der Waals surface area contributed by atoms with Crippen LogP contribution in [0.25, 0.3) is 0 Å². The molecule has 17 heavy (non-hydrogen) atoms. The van der Waals surface area contributed by atoms with E-state index in [1.54, 1.807) is 0 Å². The summed E-state index contributed by atoms with van der Waals surface area (Å²) in [5.74, 6) is 0. The summed E-state index contributed by atoms with van der Waals surface area (Å²) in [5.41, 5.74) is 1.33. The van der Waals surface area contributed by atoms with Crippen LogP contribution < -0.4 is 5.32 Å². The smallest absolute Gasteiger partial charge is 0.115 e. The van der Waals surface area contributed by atoms with Gasteiger partial charge in [-0.3, -0.25) is 4.90 Å². The lowest BCUT2D eigenvalue weighted by molar-refractivity contribution is 0.235. The first-order chi connectivity index (χ1) is 8.17. The van der Waals surface area contributed by atoms with Gasteiger partial charge in [-0.25, -0.2) is 4.98 Å². The molecule has 0 aliphatic carbocycles. The van der Waals surface area contributed by atoms with Crippen LogP contribution in [-0.2, 0) is 5.54 Å². The SMILES string of the molecule is CNC1(c2nc(C)c(C)s2)CCN2CCCC21. The third kappa shape index (κ3) is 1.58. The van der Waals surface area contributed by atoms with Crippen LogP contribution in [0.1, 0.15) is 34.8 Å². The Morgan fingerprint density at radius 2 is 2.24 bits per heavy atom. The van der Waals surface area contributed by atoms with Gasteiger partial charge in [0.1, 0.15) is 5.01 Å². The first-order valence-electron chi connectivity index (χ1n) is 6.55. The van der Waals surface area contributed by atoms with E-state index in [-0.39, 0.29) is 5.54 Å². The van der Waals surface area contributed by atoms with Crippen LogP contribution in [0.3, 0.4) is 0 Å². The van der Waals surface area contributed by atoms with E-state index in [9.17, 15) is 0 Å². The van der Waals surface area contributed by atoms with Gasteiger partial charge >= 0.3 is 0 Å². The van der Waals surface area contributed by atoms with Crippen molar-refractivity contribution in [2.75, 3.05) is 20.1 Å². The molecule has 1 aromatic rings. The number of hydrogen-bond acceptors (Lipinski definition) is 4. The standard InChI is InChI=1S/C13H21N3S/c1-9-10(2)17-12(15-9)13(14-3)6-8-16-7-4-5-11(13)16/h11,14H,4-8H2,1-3H3. The van der Waals surface area contributed by atoms with Crippen molar-refractivity contribution in [3.63, 3.8) is 0 Å². The molecular formula is C13H21N3S. The maximum Gasteiger partial charge on any atom is 0.115 e. The van der Waals surface area contributed by atoms with Crippen molar-refractivity contribution in [1.29, 1.82) is 0 Å². The Morgan fingerprint density at radius 3 is 2.88 bits per heavy atom. The molecule has 0 aromatic carbocycles. The molecule has 3 nitrogen and oxygen atoms in total. The van der Waals surface area contributed by atoms with Crippen LogP contribution in [0.15, 0.2) is 0 Å². The molecule has 3 rings (SSSR count). The van der Waals surface area contributed by atoms with Crippen molar-refractivity contribution < 1.29 is 0 Å². The molecule has 2 aliphatic heterocycles. The zero-order chi connectivity index (χ0) is 12.0. The summed E-state index contributed by atoms with van der Waals surface area (Å²) < 4.78 is 0. The van der Waals surface area contributed by atoms with Gasteiger partial charge in [-0.15, -0.1) is 11.3 Å². The van der Waals surface area contributed by atoms with Gasteiger partial charge in [0.05, 0.1) is 11.2 Å². The lowest BCUT2D eigenvalue weighted by atomic mass is 9.89. The lowest BCUT2D eigenvalue weighted by Crippen LogP contribution is -2.48. The maximum atomic E-state index is 4.82. The molecule has 0 saturated carbocycles. The number of thiazole rings is 1. The van der Waals surface area contributed by atoms with E-state index in [2.05, 4.69) is 31.1 Å². The molecule has 2 unspecified atom stereocenters. The predicted octanol–water partition coefficient (Wildman–Crippen LogP) is 2.04. The Labute approximate surface area is 107 Å². The molecule has 3 heterocycles. The summed E-state index contributed by atoms with van der Waals surface area (Å²) in [6.07, 6.45) is 3.87. The molecule has 0 bridgehead atoms. The molecule has 2 fully saturated rings. The van der Waals surface area contributed by atoms with Gasteiger partial charge in [-0.2, -0.15) is 0 Å². The number of hydrogen-bond donors (Lipinski definition) is 1. The highest BCUT2D eigenvalue weighted by Gasteiger charge is 2.51. The number of aryl methyl sites for hydroxylation is 2. The van der Waals surface area contributed by atoms with E-state index < -0.39 is 0 Å². The second-order valence-electron chi connectivity index (χ2n) is 5.33. The van der Waals surface area contributed by atoms with Crippen LogP contribution in [0, 0.1) is 13.8 Å². The minimum absolute atomic E-state index is 0.125. The van der Waals surface area contributed by atoms with E-state index in [1.807, 2.05) is 11.3 Å². The molecule has 0 amide bonds. The van der Waals surface area contributed by atoms with Gasteiger partial charge in [0.2, 0.25) is 0 Å². The van der Waals surface area contributed by atoms with Crippen molar-refractivity contribution in [2.45, 2.75) is 44.7 Å². The highest BCUT2D eigenvalue weighted by molar-refractivity contribution is 7.11. The van der Waals surface area contributed by atoms with Crippen LogP contribution in [0.4, 0.5) is 0 Å². The third-order valence-electron chi connectivity index (χ3n) is 4.58. The molecular weight excluding hydrogens is 230 g/mol. The molecule has 1 N–H and O–H groups in total. The Bertz CT molecular complexity index is 409. The molecule has 0 radical (unpaired) electrons. The third-order valence-corrected chi connectivity index (χ3v) is 5.83. The number of aromatic nitrogens is 1. The lowest BCUT2D eigenvalue weighted by Gasteiger charge is -2.33. The first kappa shape index (κ1) is 11.6. The van der Waals surface area contributed by atoms with E-state index in [0.717, 1.165) is 0 Å². The molecule has 2 saturated heterocycles. The quantitative estimate of drug-likeness (QED) is 0.872. The second-order valence-corrected chi connectivity index (χ2v) is 6.53. The van der Waals surface area contributed by atoms with Crippen LogP contribution >= 0.6 is 11.3 Å². The minimum Gasteiger partial charge on any atom is -0.307 e. The fourth-order valence-electron chi connectivity index (χ4n) is 3.45. The van der Waals surface area contributed by atoms with Crippen molar-refractivity contribution in [1.82, 2.24) is 15.2 Å². The Hall–Kier alpha value is -0.450. The molecule has 94 valence electrons. The van der Waals surface area contributed by atoms with Crippen molar-refractivity contribution in [3.8, 4) is 0 Å². The second kappa shape index (κ2) is 4.04. The van der Waals surface area contributed by atoms with Gasteiger partial charge in [-0.05, 0) is 46.7 Å². The summed E-state index contributed by atoms with van der Waals surface area (Å²) >= 11 is 1.88. The average molecular weight is 251 g/mol. The molecule has 0 spiro atoms. The number of fused-ring (bicyclic) bond motifs is 1. The zero-order valence-corrected chi connectivity index (χ0v) is 11.7. The minimum atomic E-state index is 0.125. The van der Waals surface area contributed by atoms with Crippen LogP contribution in [-0.4, -0.2) is 36.1 Å². The summed E-state index contributed by atoms with van der Waals surface area (Å²) in [6.45, 7) is 6.81. The monoisotopic (exact) mass is 251 g/mol. The van der Waals surface area contributed by atoms with Crippen LogP contribution in [0.5, 0.6) is 0 Å². The Kier molecular flexibility index (Phi) is 2.76. The number of nitrogens with one attached hydrogen (secondary N) is 1. The fraction of sp³-hybridized carbons (Fsp3) is 0.769. The van der Waals surface area contributed by atoms with E-state index >= 15 is 0 Å². The topological polar surface area (TPSA) is 28.2 Å².